The fourth-order valence-corrected chi connectivity index (χ4v) is 3.24. The van der Waals surface area contributed by atoms with Crippen LogP contribution in [-0.4, -0.2) is 24.4 Å². The minimum absolute atomic E-state index is 0.0654. The molecule has 2 aromatic rings. The first kappa shape index (κ1) is 19.2. The third-order valence-corrected chi connectivity index (χ3v) is 4.83. The summed E-state index contributed by atoms with van der Waals surface area (Å²) in [4.78, 5) is 25.9. The van der Waals surface area contributed by atoms with Gasteiger partial charge in [-0.05, 0) is 56.2 Å². The van der Waals surface area contributed by atoms with Gasteiger partial charge in [-0.3, -0.25) is 9.59 Å². The zero-order chi connectivity index (χ0) is 19.6. The number of nitrogens with one attached hydrogen (secondary N) is 2. The lowest BCUT2D eigenvalue weighted by Gasteiger charge is -2.20. The van der Waals surface area contributed by atoms with Crippen molar-refractivity contribution >= 4 is 40.5 Å². The molecule has 0 aromatic heterocycles. The second kappa shape index (κ2) is 7.96. The van der Waals surface area contributed by atoms with E-state index in [2.05, 4.69) is 10.6 Å². The molecule has 0 bridgehead atoms. The predicted molar refractivity (Wildman–Crippen MR) is 106 cm³/mol. The second-order valence-corrected chi connectivity index (χ2v) is 7.04. The standard InChI is InChI=1S/C20H21ClFN3O2/c1-12-5-6-15(11-17(12)22)24-20(27)13(2)23-14-7-8-18(16(21)10-14)25-9-3-4-19(25)26/h5-8,10-11,13,23H,3-4,9H2,1-2H3,(H,24,27)/t13-/m0/s1. The fourth-order valence-electron chi connectivity index (χ4n) is 2.96. The van der Waals surface area contributed by atoms with E-state index in [-0.39, 0.29) is 17.6 Å². The first-order valence-electron chi connectivity index (χ1n) is 8.78. The number of anilines is 3. The van der Waals surface area contributed by atoms with Gasteiger partial charge in [0.1, 0.15) is 11.9 Å². The van der Waals surface area contributed by atoms with Crippen molar-refractivity contribution in [3.8, 4) is 0 Å². The molecule has 0 aliphatic carbocycles. The Kier molecular flexibility index (Phi) is 5.65. The third kappa shape index (κ3) is 4.39. The fraction of sp³-hybridized carbons (Fsp3) is 0.300. The van der Waals surface area contributed by atoms with Gasteiger partial charge in [-0.25, -0.2) is 4.39 Å². The van der Waals surface area contributed by atoms with Gasteiger partial charge in [0.2, 0.25) is 11.8 Å². The highest BCUT2D eigenvalue weighted by Crippen LogP contribution is 2.31. The van der Waals surface area contributed by atoms with E-state index >= 15 is 0 Å². The molecule has 142 valence electrons. The van der Waals surface area contributed by atoms with Crippen LogP contribution in [0.25, 0.3) is 0 Å². The minimum atomic E-state index is -0.565. The second-order valence-electron chi connectivity index (χ2n) is 6.63. The molecule has 1 saturated heterocycles. The summed E-state index contributed by atoms with van der Waals surface area (Å²) in [6.07, 6.45) is 1.36. The Balaban J connectivity index is 1.65. The van der Waals surface area contributed by atoms with Crippen molar-refractivity contribution in [2.75, 3.05) is 22.1 Å². The molecule has 2 aromatic carbocycles. The van der Waals surface area contributed by atoms with Gasteiger partial charge in [-0.1, -0.05) is 17.7 Å². The number of aryl methyl sites for hydroxylation is 1. The van der Waals surface area contributed by atoms with Crippen molar-refractivity contribution in [1.29, 1.82) is 0 Å². The molecule has 1 aliphatic rings. The number of hydrogen-bond acceptors (Lipinski definition) is 3. The first-order chi connectivity index (χ1) is 12.8. The summed E-state index contributed by atoms with van der Waals surface area (Å²) in [7, 11) is 0. The lowest BCUT2D eigenvalue weighted by molar-refractivity contribution is -0.117. The Morgan fingerprint density at radius 3 is 2.59 bits per heavy atom. The zero-order valence-electron chi connectivity index (χ0n) is 15.2. The van der Waals surface area contributed by atoms with Gasteiger partial charge in [0.15, 0.2) is 0 Å². The molecule has 2 amide bonds. The van der Waals surface area contributed by atoms with Crippen LogP contribution in [0.2, 0.25) is 5.02 Å². The number of carbonyl (C=O) groups is 2. The van der Waals surface area contributed by atoms with Crippen molar-refractivity contribution in [1.82, 2.24) is 0 Å². The molecule has 1 aliphatic heterocycles. The third-order valence-electron chi connectivity index (χ3n) is 4.53. The summed E-state index contributed by atoms with van der Waals surface area (Å²) in [5, 5.41) is 6.19. The molecule has 5 nitrogen and oxygen atoms in total. The highest BCUT2D eigenvalue weighted by Gasteiger charge is 2.24. The quantitative estimate of drug-likeness (QED) is 0.799. The number of amides is 2. The van der Waals surface area contributed by atoms with Gasteiger partial charge in [-0.15, -0.1) is 0 Å². The summed E-state index contributed by atoms with van der Waals surface area (Å²) < 4.78 is 13.6. The maximum Gasteiger partial charge on any atom is 0.246 e. The number of carbonyl (C=O) groups excluding carboxylic acids is 2. The van der Waals surface area contributed by atoms with Crippen LogP contribution in [0.15, 0.2) is 36.4 Å². The van der Waals surface area contributed by atoms with Crippen LogP contribution in [-0.2, 0) is 9.59 Å². The number of rotatable bonds is 5. The maximum atomic E-state index is 13.6. The summed E-state index contributed by atoms with van der Waals surface area (Å²) in [6, 6.07) is 9.24. The van der Waals surface area contributed by atoms with Crippen LogP contribution < -0.4 is 15.5 Å². The summed E-state index contributed by atoms with van der Waals surface area (Å²) >= 11 is 6.32. The summed E-state index contributed by atoms with van der Waals surface area (Å²) in [6.45, 7) is 4.02. The molecule has 0 spiro atoms. The maximum absolute atomic E-state index is 13.6. The number of benzene rings is 2. The van der Waals surface area contributed by atoms with E-state index in [1.165, 1.54) is 6.07 Å². The Bertz CT molecular complexity index is 888. The van der Waals surface area contributed by atoms with Gasteiger partial charge in [0.05, 0.1) is 10.7 Å². The molecular formula is C20H21ClFN3O2. The normalized spacial score (nSPS) is 15.0. The average molecular weight is 390 g/mol. The number of nitrogens with zero attached hydrogens (tertiary/aromatic N) is 1. The molecule has 1 atom stereocenters. The van der Waals surface area contributed by atoms with E-state index in [1.54, 1.807) is 49.1 Å². The summed E-state index contributed by atoms with van der Waals surface area (Å²) in [5.74, 6) is -0.601. The average Bonchev–Trinajstić information content (AvgIpc) is 3.04. The molecule has 0 saturated carbocycles. The van der Waals surface area contributed by atoms with E-state index in [0.29, 0.717) is 40.6 Å². The topological polar surface area (TPSA) is 61.4 Å². The van der Waals surface area contributed by atoms with Crippen molar-refractivity contribution in [3.63, 3.8) is 0 Å². The lowest BCUT2D eigenvalue weighted by Crippen LogP contribution is -2.32. The van der Waals surface area contributed by atoms with Crippen LogP contribution in [0, 0.1) is 12.7 Å². The molecule has 1 heterocycles. The molecule has 3 rings (SSSR count). The Labute approximate surface area is 162 Å². The number of halogens is 2. The van der Waals surface area contributed by atoms with E-state index in [9.17, 15) is 14.0 Å². The van der Waals surface area contributed by atoms with E-state index in [1.807, 2.05) is 0 Å². The predicted octanol–water partition coefficient (Wildman–Crippen LogP) is 4.35. The van der Waals surface area contributed by atoms with Crippen LogP contribution >= 0.6 is 11.6 Å². The molecule has 1 fully saturated rings. The monoisotopic (exact) mass is 389 g/mol. The van der Waals surface area contributed by atoms with Crippen molar-refractivity contribution < 1.29 is 14.0 Å². The SMILES string of the molecule is Cc1ccc(NC(=O)[C@H](C)Nc2ccc(N3CCCC3=O)c(Cl)c2)cc1F. The van der Waals surface area contributed by atoms with Crippen LogP contribution in [0.4, 0.5) is 21.5 Å². The zero-order valence-corrected chi connectivity index (χ0v) is 15.9. The van der Waals surface area contributed by atoms with Crippen molar-refractivity contribution in [2.24, 2.45) is 0 Å². The van der Waals surface area contributed by atoms with Gasteiger partial charge in [0, 0.05) is 24.3 Å². The molecule has 2 N–H and O–H groups in total. The Morgan fingerprint density at radius 2 is 1.96 bits per heavy atom. The lowest BCUT2D eigenvalue weighted by atomic mass is 10.2. The van der Waals surface area contributed by atoms with Gasteiger partial charge in [0.25, 0.3) is 0 Å². The Morgan fingerprint density at radius 1 is 1.22 bits per heavy atom. The number of hydrogen-bond donors (Lipinski definition) is 2. The van der Waals surface area contributed by atoms with Gasteiger partial charge < -0.3 is 15.5 Å². The van der Waals surface area contributed by atoms with Crippen LogP contribution in [0.1, 0.15) is 25.3 Å². The summed E-state index contributed by atoms with van der Waals surface area (Å²) in [5.41, 5.74) is 2.26. The highest BCUT2D eigenvalue weighted by atomic mass is 35.5. The minimum Gasteiger partial charge on any atom is -0.374 e. The highest BCUT2D eigenvalue weighted by molar-refractivity contribution is 6.34. The first-order valence-corrected chi connectivity index (χ1v) is 9.16. The molecular weight excluding hydrogens is 369 g/mol. The molecule has 7 heteroatoms. The van der Waals surface area contributed by atoms with E-state index < -0.39 is 6.04 Å². The molecule has 0 unspecified atom stereocenters. The van der Waals surface area contributed by atoms with E-state index in [4.69, 9.17) is 11.6 Å². The van der Waals surface area contributed by atoms with Crippen molar-refractivity contribution in [3.05, 3.63) is 52.8 Å². The molecule has 27 heavy (non-hydrogen) atoms. The van der Waals surface area contributed by atoms with E-state index in [0.717, 1.165) is 6.42 Å². The largest absolute Gasteiger partial charge is 0.374 e. The van der Waals surface area contributed by atoms with Gasteiger partial charge >= 0.3 is 0 Å². The molecule has 0 radical (unpaired) electrons. The van der Waals surface area contributed by atoms with Gasteiger partial charge in [-0.2, -0.15) is 0 Å². The van der Waals surface area contributed by atoms with Crippen molar-refractivity contribution in [2.45, 2.75) is 32.7 Å². The Hall–Kier alpha value is -2.60. The van der Waals surface area contributed by atoms with Crippen LogP contribution in [0.3, 0.4) is 0 Å². The smallest absolute Gasteiger partial charge is 0.246 e. The van der Waals surface area contributed by atoms with Crippen LogP contribution in [0.5, 0.6) is 0 Å².